The SMILES string of the molecule is CC(CCl)Oc1ccc(Oc2ccc(C(F)(F)F)cc2)cc1. The summed E-state index contributed by atoms with van der Waals surface area (Å²) in [5, 5.41) is 0. The Bertz CT molecular complexity index is 594. The van der Waals surface area contributed by atoms with Gasteiger partial charge in [0.05, 0.1) is 11.4 Å². The number of hydrogen-bond donors (Lipinski definition) is 0. The fourth-order valence-corrected chi connectivity index (χ4v) is 1.76. The molecule has 2 rings (SSSR count). The highest BCUT2D eigenvalue weighted by molar-refractivity contribution is 6.18. The van der Waals surface area contributed by atoms with E-state index in [0.29, 0.717) is 23.1 Å². The zero-order valence-corrected chi connectivity index (χ0v) is 12.5. The van der Waals surface area contributed by atoms with Crippen molar-refractivity contribution in [3.63, 3.8) is 0 Å². The third-order valence-corrected chi connectivity index (χ3v) is 3.23. The first-order valence-electron chi connectivity index (χ1n) is 6.56. The van der Waals surface area contributed by atoms with Gasteiger partial charge in [-0.3, -0.25) is 0 Å². The van der Waals surface area contributed by atoms with Crippen molar-refractivity contribution in [2.45, 2.75) is 19.2 Å². The van der Waals surface area contributed by atoms with Crippen LogP contribution in [-0.2, 0) is 6.18 Å². The molecule has 0 heterocycles. The minimum absolute atomic E-state index is 0.108. The third kappa shape index (κ3) is 4.56. The summed E-state index contributed by atoms with van der Waals surface area (Å²) in [4.78, 5) is 0. The molecular weight excluding hydrogens is 317 g/mol. The monoisotopic (exact) mass is 330 g/mol. The van der Waals surface area contributed by atoms with Gasteiger partial charge in [0.2, 0.25) is 0 Å². The first-order chi connectivity index (χ1) is 10.4. The standard InChI is InChI=1S/C16H14ClF3O2/c1-11(10-17)21-13-6-8-15(9-7-13)22-14-4-2-12(3-5-14)16(18,19)20/h2-9,11H,10H2,1H3. The van der Waals surface area contributed by atoms with E-state index in [1.165, 1.54) is 12.1 Å². The maximum absolute atomic E-state index is 12.5. The van der Waals surface area contributed by atoms with Gasteiger partial charge in [0.1, 0.15) is 23.4 Å². The van der Waals surface area contributed by atoms with Crippen molar-refractivity contribution < 1.29 is 22.6 Å². The van der Waals surface area contributed by atoms with Crippen LogP contribution >= 0.6 is 11.6 Å². The Kier molecular flexibility index (Phi) is 5.19. The van der Waals surface area contributed by atoms with Crippen LogP contribution < -0.4 is 9.47 Å². The van der Waals surface area contributed by atoms with Crippen molar-refractivity contribution in [2.24, 2.45) is 0 Å². The molecule has 0 amide bonds. The maximum atomic E-state index is 12.5. The maximum Gasteiger partial charge on any atom is 0.416 e. The molecule has 1 unspecified atom stereocenters. The third-order valence-electron chi connectivity index (χ3n) is 2.80. The molecule has 1 atom stereocenters. The summed E-state index contributed by atoms with van der Waals surface area (Å²) in [6.07, 6.45) is -4.46. The number of benzene rings is 2. The summed E-state index contributed by atoms with van der Waals surface area (Å²) in [5.74, 6) is 1.86. The molecule has 118 valence electrons. The molecule has 2 aromatic rings. The molecule has 0 bridgehead atoms. The highest BCUT2D eigenvalue weighted by Gasteiger charge is 2.30. The fraction of sp³-hybridized carbons (Fsp3) is 0.250. The summed E-state index contributed by atoms with van der Waals surface area (Å²) in [5.41, 5.74) is -0.710. The van der Waals surface area contributed by atoms with Crippen LogP contribution in [0.4, 0.5) is 13.2 Å². The predicted octanol–water partition coefficient (Wildman–Crippen LogP) is 5.50. The Balaban J connectivity index is 2.02. The first-order valence-corrected chi connectivity index (χ1v) is 7.10. The average Bonchev–Trinajstić information content (AvgIpc) is 2.49. The summed E-state index contributed by atoms with van der Waals surface area (Å²) in [6.45, 7) is 1.85. The second kappa shape index (κ2) is 6.92. The molecule has 0 fully saturated rings. The van der Waals surface area contributed by atoms with E-state index in [4.69, 9.17) is 21.1 Å². The van der Waals surface area contributed by atoms with Gasteiger partial charge < -0.3 is 9.47 Å². The van der Waals surface area contributed by atoms with Crippen LogP contribution in [0.25, 0.3) is 0 Å². The molecule has 2 aromatic carbocycles. The van der Waals surface area contributed by atoms with Gasteiger partial charge in [0.15, 0.2) is 0 Å². The van der Waals surface area contributed by atoms with E-state index < -0.39 is 11.7 Å². The van der Waals surface area contributed by atoms with E-state index in [-0.39, 0.29) is 6.10 Å². The molecule has 22 heavy (non-hydrogen) atoms. The van der Waals surface area contributed by atoms with Gasteiger partial charge in [0.25, 0.3) is 0 Å². The highest BCUT2D eigenvalue weighted by Crippen LogP contribution is 2.31. The second-order valence-electron chi connectivity index (χ2n) is 4.68. The Morgan fingerprint density at radius 1 is 0.909 bits per heavy atom. The van der Waals surface area contributed by atoms with Gasteiger partial charge in [-0.05, 0) is 55.5 Å². The minimum atomic E-state index is -4.35. The number of alkyl halides is 4. The quantitative estimate of drug-likeness (QED) is 0.673. The smallest absolute Gasteiger partial charge is 0.416 e. The van der Waals surface area contributed by atoms with Gasteiger partial charge in [0, 0.05) is 0 Å². The van der Waals surface area contributed by atoms with E-state index in [2.05, 4.69) is 0 Å². The molecule has 6 heteroatoms. The van der Waals surface area contributed by atoms with Crippen molar-refractivity contribution in [3.05, 3.63) is 54.1 Å². The van der Waals surface area contributed by atoms with E-state index in [9.17, 15) is 13.2 Å². The van der Waals surface area contributed by atoms with Crippen molar-refractivity contribution in [2.75, 3.05) is 5.88 Å². The average molecular weight is 331 g/mol. The lowest BCUT2D eigenvalue weighted by Crippen LogP contribution is -2.12. The molecule has 0 aromatic heterocycles. The molecule has 0 N–H and O–H groups in total. The summed E-state index contributed by atoms with van der Waals surface area (Å²) in [6, 6.07) is 11.3. The van der Waals surface area contributed by atoms with Gasteiger partial charge in [-0.25, -0.2) is 0 Å². The van der Waals surface area contributed by atoms with Gasteiger partial charge in [-0.2, -0.15) is 13.2 Å². The van der Waals surface area contributed by atoms with Crippen LogP contribution in [0.5, 0.6) is 17.2 Å². The predicted molar refractivity (Wildman–Crippen MR) is 78.8 cm³/mol. The molecule has 0 aliphatic carbocycles. The van der Waals surface area contributed by atoms with E-state index in [1.807, 2.05) is 6.92 Å². The zero-order valence-electron chi connectivity index (χ0n) is 11.7. The topological polar surface area (TPSA) is 18.5 Å². The van der Waals surface area contributed by atoms with Crippen LogP contribution in [0.3, 0.4) is 0 Å². The van der Waals surface area contributed by atoms with Crippen molar-refractivity contribution in [3.8, 4) is 17.2 Å². The molecule has 0 saturated carbocycles. The van der Waals surface area contributed by atoms with Gasteiger partial charge >= 0.3 is 6.18 Å². The lowest BCUT2D eigenvalue weighted by atomic mass is 10.2. The van der Waals surface area contributed by atoms with E-state index in [0.717, 1.165) is 12.1 Å². The summed E-state index contributed by atoms with van der Waals surface area (Å²) >= 11 is 5.66. The van der Waals surface area contributed by atoms with E-state index in [1.54, 1.807) is 24.3 Å². The van der Waals surface area contributed by atoms with Crippen LogP contribution in [0, 0.1) is 0 Å². The van der Waals surface area contributed by atoms with E-state index >= 15 is 0 Å². The molecule has 0 saturated heterocycles. The van der Waals surface area contributed by atoms with Crippen molar-refractivity contribution in [1.82, 2.24) is 0 Å². The van der Waals surface area contributed by atoms with Crippen LogP contribution in [0.1, 0.15) is 12.5 Å². The summed E-state index contributed by atoms with van der Waals surface area (Å²) < 4.78 is 48.4. The van der Waals surface area contributed by atoms with Crippen molar-refractivity contribution in [1.29, 1.82) is 0 Å². The Morgan fingerprint density at radius 3 is 1.82 bits per heavy atom. The molecule has 0 radical (unpaired) electrons. The number of ether oxygens (including phenoxy) is 2. The van der Waals surface area contributed by atoms with Crippen molar-refractivity contribution >= 4 is 11.6 Å². The van der Waals surface area contributed by atoms with Gasteiger partial charge in [-0.1, -0.05) is 0 Å². The molecule has 2 nitrogen and oxygen atoms in total. The molecule has 0 spiro atoms. The lowest BCUT2D eigenvalue weighted by Gasteiger charge is -2.12. The molecule has 0 aliphatic heterocycles. The minimum Gasteiger partial charge on any atom is -0.489 e. The summed E-state index contributed by atoms with van der Waals surface area (Å²) in [7, 11) is 0. The highest BCUT2D eigenvalue weighted by atomic mass is 35.5. The Morgan fingerprint density at radius 2 is 1.36 bits per heavy atom. The first kappa shape index (κ1) is 16.5. The Labute approximate surface area is 131 Å². The Hall–Kier alpha value is -1.88. The van der Waals surface area contributed by atoms with Crippen LogP contribution in [-0.4, -0.2) is 12.0 Å². The van der Waals surface area contributed by atoms with Crippen LogP contribution in [0.2, 0.25) is 0 Å². The lowest BCUT2D eigenvalue weighted by molar-refractivity contribution is -0.137. The number of rotatable bonds is 5. The second-order valence-corrected chi connectivity index (χ2v) is 4.99. The molecular formula is C16H14ClF3O2. The largest absolute Gasteiger partial charge is 0.489 e. The fourth-order valence-electron chi connectivity index (χ4n) is 1.70. The van der Waals surface area contributed by atoms with Crippen LogP contribution in [0.15, 0.2) is 48.5 Å². The number of halogens is 4. The zero-order chi connectivity index (χ0) is 16.2. The normalized spacial score (nSPS) is 12.8. The molecule has 0 aliphatic rings. The number of hydrogen-bond acceptors (Lipinski definition) is 2. The van der Waals surface area contributed by atoms with Gasteiger partial charge in [-0.15, -0.1) is 11.6 Å².